The lowest BCUT2D eigenvalue weighted by Gasteiger charge is -2.30. The van der Waals surface area contributed by atoms with Crippen molar-refractivity contribution in [2.24, 2.45) is 5.73 Å². The predicted molar refractivity (Wildman–Crippen MR) is 51.2 cm³/mol. The Labute approximate surface area is 77.8 Å². The molecule has 0 radical (unpaired) electrons. The monoisotopic (exact) mass is 179 g/mol. The van der Waals surface area contributed by atoms with Crippen LogP contribution in [-0.4, -0.2) is 6.17 Å². The number of hydrogen-bond acceptors (Lipinski definition) is 1. The number of alkyl halides is 1. The lowest BCUT2D eigenvalue weighted by Crippen LogP contribution is -2.22. The Hall–Kier alpha value is -0.890. The maximum absolute atomic E-state index is 12.6. The summed E-state index contributed by atoms with van der Waals surface area (Å²) in [6.07, 6.45) is 0.800. The predicted octanol–water partition coefficient (Wildman–Crippen LogP) is 2.36. The summed E-state index contributed by atoms with van der Waals surface area (Å²) in [7, 11) is 0. The van der Waals surface area contributed by atoms with Crippen molar-refractivity contribution in [2.75, 3.05) is 0 Å². The summed E-state index contributed by atoms with van der Waals surface area (Å²) < 4.78 is 12.6. The summed E-state index contributed by atoms with van der Waals surface area (Å²) in [6, 6.07) is 8.17. The molecule has 1 saturated carbocycles. The van der Waals surface area contributed by atoms with E-state index in [1.807, 2.05) is 12.1 Å². The van der Waals surface area contributed by atoms with Gasteiger partial charge >= 0.3 is 0 Å². The zero-order valence-corrected chi connectivity index (χ0v) is 7.54. The first kappa shape index (κ1) is 8.70. The van der Waals surface area contributed by atoms with Crippen molar-refractivity contribution in [2.45, 2.75) is 31.5 Å². The molecular formula is C11H14FN. The van der Waals surface area contributed by atoms with Crippen LogP contribution in [-0.2, 0) is 6.54 Å². The van der Waals surface area contributed by atoms with Crippen molar-refractivity contribution in [3.05, 3.63) is 35.4 Å². The third kappa shape index (κ3) is 1.73. The third-order valence-corrected chi connectivity index (χ3v) is 2.74. The van der Waals surface area contributed by atoms with Gasteiger partial charge in [-0.15, -0.1) is 0 Å². The van der Waals surface area contributed by atoms with Crippen LogP contribution in [0.4, 0.5) is 4.39 Å². The Balaban J connectivity index is 2.12. The van der Waals surface area contributed by atoms with Gasteiger partial charge in [0.1, 0.15) is 6.17 Å². The van der Waals surface area contributed by atoms with E-state index in [0.29, 0.717) is 25.3 Å². The minimum absolute atomic E-state index is 0.432. The van der Waals surface area contributed by atoms with Gasteiger partial charge in [-0.25, -0.2) is 4.39 Å². The van der Waals surface area contributed by atoms with Crippen molar-refractivity contribution in [1.29, 1.82) is 0 Å². The Kier molecular flexibility index (Phi) is 2.32. The first-order valence-electron chi connectivity index (χ1n) is 4.72. The van der Waals surface area contributed by atoms with Gasteiger partial charge in [0.05, 0.1) is 0 Å². The Morgan fingerprint density at radius 3 is 2.77 bits per heavy atom. The molecule has 1 aliphatic carbocycles. The Morgan fingerprint density at radius 2 is 2.15 bits per heavy atom. The summed E-state index contributed by atoms with van der Waals surface area (Å²) in [5.41, 5.74) is 7.92. The summed E-state index contributed by atoms with van der Waals surface area (Å²) >= 11 is 0. The van der Waals surface area contributed by atoms with E-state index in [1.54, 1.807) is 0 Å². The maximum Gasteiger partial charge on any atom is 0.101 e. The van der Waals surface area contributed by atoms with E-state index in [-0.39, 0.29) is 0 Å². The van der Waals surface area contributed by atoms with E-state index < -0.39 is 6.17 Å². The number of rotatable bonds is 2. The van der Waals surface area contributed by atoms with Gasteiger partial charge in [-0.2, -0.15) is 0 Å². The highest BCUT2D eigenvalue weighted by atomic mass is 19.1. The zero-order chi connectivity index (χ0) is 9.26. The fourth-order valence-electron chi connectivity index (χ4n) is 1.79. The second-order valence-corrected chi connectivity index (χ2v) is 3.71. The third-order valence-electron chi connectivity index (χ3n) is 2.74. The lowest BCUT2D eigenvalue weighted by atomic mass is 9.78. The largest absolute Gasteiger partial charge is 0.326 e. The average molecular weight is 179 g/mol. The molecule has 1 fully saturated rings. The molecule has 2 N–H and O–H groups in total. The van der Waals surface area contributed by atoms with Crippen LogP contribution in [0.3, 0.4) is 0 Å². The van der Waals surface area contributed by atoms with Gasteiger partial charge in [0.25, 0.3) is 0 Å². The van der Waals surface area contributed by atoms with Gasteiger partial charge in [0.15, 0.2) is 0 Å². The van der Waals surface area contributed by atoms with Crippen molar-refractivity contribution in [3.63, 3.8) is 0 Å². The van der Waals surface area contributed by atoms with Gasteiger partial charge in [-0.05, 0) is 29.9 Å². The summed E-state index contributed by atoms with van der Waals surface area (Å²) in [5.74, 6) is 0.432. The fourth-order valence-corrected chi connectivity index (χ4v) is 1.79. The molecule has 2 rings (SSSR count). The van der Waals surface area contributed by atoms with E-state index >= 15 is 0 Å². The Morgan fingerprint density at radius 1 is 1.38 bits per heavy atom. The smallest absolute Gasteiger partial charge is 0.101 e. The molecule has 0 amide bonds. The summed E-state index contributed by atoms with van der Waals surface area (Å²) in [6.45, 7) is 0.569. The quantitative estimate of drug-likeness (QED) is 0.741. The topological polar surface area (TPSA) is 26.0 Å². The molecule has 1 nitrogen and oxygen atoms in total. The van der Waals surface area contributed by atoms with Crippen LogP contribution in [0.25, 0.3) is 0 Å². The number of halogens is 1. The van der Waals surface area contributed by atoms with Crippen molar-refractivity contribution in [3.8, 4) is 0 Å². The van der Waals surface area contributed by atoms with Gasteiger partial charge in [-0.1, -0.05) is 24.3 Å². The molecule has 1 aliphatic rings. The molecule has 13 heavy (non-hydrogen) atoms. The van der Waals surface area contributed by atoms with Crippen LogP contribution in [0.2, 0.25) is 0 Å². The van der Waals surface area contributed by atoms with Crippen LogP contribution < -0.4 is 5.73 Å². The second kappa shape index (κ2) is 3.46. The van der Waals surface area contributed by atoms with E-state index in [0.717, 1.165) is 5.56 Å². The first-order chi connectivity index (χ1) is 6.29. The minimum Gasteiger partial charge on any atom is -0.326 e. The van der Waals surface area contributed by atoms with Gasteiger partial charge in [-0.3, -0.25) is 0 Å². The first-order valence-corrected chi connectivity index (χ1v) is 4.72. The molecule has 0 bridgehead atoms. The van der Waals surface area contributed by atoms with Crippen LogP contribution in [0.15, 0.2) is 24.3 Å². The molecular weight excluding hydrogens is 165 g/mol. The number of nitrogens with two attached hydrogens (primary N) is 1. The van der Waals surface area contributed by atoms with E-state index in [9.17, 15) is 4.39 Å². The molecule has 1 aromatic carbocycles. The van der Waals surface area contributed by atoms with Crippen molar-refractivity contribution in [1.82, 2.24) is 0 Å². The van der Waals surface area contributed by atoms with Crippen LogP contribution in [0.5, 0.6) is 0 Å². The fraction of sp³-hybridized carbons (Fsp3) is 0.455. The van der Waals surface area contributed by atoms with Gasteiger partial charge in [0, 0.05) is 6.54 Å². The molecule has 2 heteroatoms. The molecule has 0 aromatic heterocycles. The highest BCUT2D eigenvalue weighted by molar-refractivity contribution is 5.28. The average Bonchev–Trinajstić information content (AvgIpc) is 2.13. The maximum atomic E-state index is 12.6. The number of benzene rings is 1. The molecule has 70 valence electrons. The summed E-state index contributed by atoms with van der Waals surface area (Å²) in [4.78, 5) is 0. The lowest BCUT2D eigenvalue weighted by molar-refractivity contribution is 0.179. The van der Waals surface area contributed by atoms with Crippen LogP contribution in [0, 0.1) is 0 Å². The Bertz CT molecular complexity index is 292. The van der Waals surface area contributed by atoms with E-state index in [2.05, 4.69) is 12.1 Å². The van der Waals surface area contributed by atoms with Crippen molar-refractivity contribution >= 4 is 0 Å². The molecule has 0 unspecified atom stereocenters. The molecule has 0 spiro atoms. The van der Waals surface area contributed by atoms with E-state index in [4.69, 9.17) is 5.73 Å². The van der Waals surface area contributed by atoms with Gasteiger partial charge in [0.2, 0.25) is 0 Å². The highest BCUT2D eigenvalue weighted by Crippen LogP contribution is 2.38. The standard InChI is InChI=1S/C11H14FN/c12-11-5-10(6-11)9-3-1-2-8(4-9)7-13/h1-4,10-11H,5-7,13H2. The molecule has 1 aromatic rings. The van der Waals surface area contributed by atoms with E-state index in [1.165, 1.54) is 5.56 Å². The van der Waals surface area contributed by atoms with Crippen LogP contribution >= 0.6 is 0 Å². The van der Waals surface area contributed by atoms with Crippen LogP contribution in [0.1, 0.15) is 29.9 Å². The molecule has 0 heterocycles. The minimum atomic E-state index is -0.577. The number of hydrogen-bond donors (Lipinski definition) is 1. The molecule has 0 saturated heterocycles. The highest BCUT2D eigenvalue weighted by Gasteiger charge is 2.29. The zero-order valence-electron chi connectivity index (χ0n) is 7.54. The summed E-state index contributed by atoms with van der Waals surface area (Å²) in [5, 5.41) is 0. The van der Waals surface area contributed by atoms with Gasteiger partial charge < -0.3 is 5.73 Å². The molecule has 0 atom stereocenters. The normalized spacial score (nSPS) is 26.9. The molecule has 0 aliphatic heterocycles. The second-order valence-electron chi connectivity index (χ2n) is 3.71. The van der Waals surface area contributed by atoms with Crippen molar-refractivity contribution < 1.29 is 4.39 Å². The SMILES string of the molecule is NCc1cccc(C2CC(F)C2)c1.